The molecule has 0 unspecified atom stereocenters. The second kappa shape index (κ2) is 4.89. The van der Waals surface area contributed by atoms with Crippen molar-refractivity contribution in [1.29, 1.82) is 0 Å². The van der Waals surface area contributed by atoms with E-state index in [1.54, 1.807) is 0 Å². The molecule has 1 saturated carbocycles. The number of hydrogen-bond donors (Lipinski definition) is 1. The van der Waals surface area contributed by atoms with Crippen molar-refractivity contribution < 1.29 is 9.90 Å². The van der Waals surface area contributed by atoms with Gasteiger partial charge in [-0.3, -0.25) is 9.69 Å². The van der Waals surface area contributed by atoms with Crippen LogP contribution in [0.2, 0.25) is 0 Å². The van der Waals surface area contributed by atoms with E-state index in [0.29, 0.717) is 19.5 Å². The molecule has 82 valence electrons. The lowest BCUT2D eigenvalue weighted by Gasteiger charge is -2.27. The van der Waals surface area contributed by atoms with Gasteiger partial charge >= 0.3 is 0 Å². The van der Waals surface area contributed by atoms with Crippen LogP contribution in [0.4, 0.5) is 0 Å². The molecule has 0 aromatic rings. The zero-order chi connectivity index (χ0) is 10.6. The lowest BCUT2D eigenvalue weighted by Crippen LogP contribution is -2.41. The van der Waals surface area contributed by atoms with Gasteiger partial charge in [0, 0.05) is 13.0 Å². The standard InChI is InChI=1S/C11H21NO2/c1-3-10(13)8-12(2)9-11(14)6-4-5-7-11/h14H,3-9H2,1-2H3. The average Bonchev–Trinajstić information content (AvgIpc) is 2.51. The molecular weight excluding hydrogens is 178 g/mol. The molecule has 1 aliphatic carbocycles. The number of Topliss-reactive ketones (excluding diaryl/α,β-unsaturated/α-hetero) is 1. The largest absolute Gasteiger partial charge is 0.389 e. The minimum atomic E-state index is -0.525. The molecular formula is C11H21NO2. The van der Waals surface area contributed by atoms with Gasteiger partial charge in [-0.2, -0.15) is 0 Å². The van der Waals surface area contributed by atoms with Crippen molar-refractivity contribution in [3.05, 3.63) is 0 Å². The van der Waals surface area contributed by atoms with Gasteiger partial charge in [-0.15, -0.1) is 0 Å². The van der Waals surface area contributed by atoms with E-state index in [1.165, 1.54) is 0 Å². The fraction of sp³-hybridized carbons (Fsp3) is 0.909. The number of rotatable bonds is 5. The Bertz CT molecular complexity index is 197. The van der Waals surface area contributed by atoms with Crippen molar-refractivity contribution in [2.45, 2.75) is 44.6 Å². The van der Waals surface area contributed by atoms with Crippen LogP contribution in [0.1, 0.15) is 39.0 Å². The molecule has 14 heavy (non-hydrogen) atoms. The molecule has 1 aliphatic rings. The van der Waals surface area contributed by atoms with Crippen LogP contribution in [-0.2, 0) is 4.79 Å². The van der Waals surface area contributed by atoms with Crippen LogP contribution in [0.5, 0.6) is 0 Å². The minimum Gasteiger partial charge on any atom is -0.389 e. The molecule has 3 heteroatoms. The van der Waals surface area contributed by atoms with E-state index >= 15 is 0 Å². The summed E-state index contributed by atoms with van der Waals surface area (Å²) in [5.41, 5.74) is -0.525. The maximum atomic E-state index is 11.2. The quantitative estimate of drug-likeness (QED) is 0.723. The Kier molecular flexibility index (Phi) is 4.08. The molecule has 0 saturated heterocycles. The van der Waals surface area contributed by atoms with Crippen LogP contribution >= 0.6 is 0 Å². The van der Waals surface area contributed by atoms with Crippen molar-refractivity contribution in [2.75, 3.05) is 20.1 Å². The summed E-state index contributed by atoms with van der Waals surface area (Å²) >= 11 is 0. The van der Waals surface area contributed by atoms with Crippen molar-refractivity contribution in [3.63, 3.8) is 0 Å². The Morgan fingerprint density at radius 3 is 2.50 bits per heavy atom. The van der Waals surface area contributed by atoms with Crippen molar-refractivity contribution >= 4 is 5.78 Å². The summed E-state index contributed by atoms with van der Waals surface area (Å²) in [6, 6.07) is 0. The van der Waals surface area contributed by atoms with Crippen molar-refractivity contribution in [2.24, 2.45) is 0 Å². The highest BCUT2D eigenvalue weighted by atomic mass is 16.3. The summed E-state index contributed by atoms with van der Waals surface area (Å²) in [5, 5.41) is 10.1. The summed E-state index contributed by atoms with van der Waals surface area (Å²) in [6.45, 7) is 2.98. The molecule has 1 fully saturated rings. The van der Waals surface area contributed by atoms with Crippen LogP contribution in [0.3, 0.4) is 0 Å². The summed E-state index contributed by atoms with van der Waals surface area (Å²) in [5.74, 6) is 0.245. The van der Waals surface area contributed by atoms with Gasteiger partial charge in [0.25, 0.3) is 0 Å². The fourth-order valence-electron chi connectivity index (χ4n) is 2.16. The number of carbonyl (C=O) groups is 1. The Hall–Kier alpha value is -0.410. The van der Waals surface area contributed by atoms with Gasteiger partial charge in [0.1, 0.15) is 5.78 Å². The molecule has 0 heterocycles. The maximum Gasteiger partial charge on any atom is 0.146 e. The van der Waals surface area contributed by atoms with Crippen molar-refractivity contribution in [3.8, 4) is 0 Å². The van der Waals surface area contributed by atoms with Crippen LogP contribution in [0.15, 0.2) is 0 Å². The smallest absolute Gasteiger partial charge is 0.146 e. The van der Waals surface area contributed by atoms with Gasteiger partial charge in [-0.1, -0.05) is 19.8 Å². The third-order valence-electron chi connectivity index (χ3n) is 2.94. The van der Waals surface area contributed by atoms with E-state index in [1.807, 2.05) is 18.9 Å². The van der Waals surface area contributed by atoms with E-state index in [2.05, 4.69) is 0 Å². The second-order valence-corrected chi connectivity index (χ2v) is 4.50. The van der Waals surface area contributed by atoms with Gasteiger partial charge < -0.3 is 5.11 Å². The number of nitrogens with zero attached hydrogens (tertiary/aromatic N) is 1. The van der Waals surface area contributed by atoms with E-state index < -0.39 is 5.60 Å². The molecule has 0 aromatic carbocycles. The van der Waals surface area contributed by atoms with E-state index in [0.717, 1.165) is 25.7 Å². The molecule has 0 radical (unpaired) electrons. The number of aliphatic hydroxyl groups is 1. The molecule has 0 bridgehead atoms. The lowest BCUT2D eigenvalue weighted by molar-refractivity contribution is -0.120. The number of likely N-dealkylation sites (N-methyl/N-ethyl adjacent to an activating group) is 1. The van der Waals surface area contributed by atoms with Gasteiger partial charge in [0.15, 0.2) is 0 Å². The zero-order valence-corrected chi connectivity index (χ0v) is 9.25. The number of hydrogen-bond acceptors (Lipinski definition) is 3. The first-order valence-corrected chi connectivity index (χ1v) is 5.48. The van der Waals surface area contributed by atoms with Crippen LogP contribution < -0.4 is 0 Å². The summed E-state index contributed by atoms with van der Waals surface area (Å²) < 4.78 is 0. The Labute approximate surface area is 86.1 Å². The summed E-state index contributed by atoms with van der Waals surface area (Å²) in [4.78, 5) is 13.1. The van der Waals surface area contributed by atoms with Gasteiger partial charge in [0.2, 0.25) is 0 Å². The third-order valence-corrected chi connectivity index (χ3v) is 2.94. The maximum absolute atomic E-state index is 11.2. The van der Waals surface area contributed by atoms with E-state index in [-0.39, 0.29) is 5.78 Å². The highest BCUT2D eigenvalue weighted by Gasteiger charge is 2.32. The average molecular weight is 199 g/mol. The van der Waals surface area contributed by atoms with E-state index in [9.17, 15) is 9.90 Å². The fourth-order valence-corrected chi connectivity index (χ4v) is 2.16. The summed E-state index contributed by atoms with van der Waals surface area (Å²) in [7, 11) is 1.91. The summed E-state index contributed by atoms with van der Waals surface area (Å²) in [6.07, 6.45) is 4.59. The minimum absolute atomic E-state index is 0.245. The number of ketones is 1. The molecule has 0 aliphatic heterocycles. The zero-order valence-electron chi connectivity index (χ0n) is 9.25. The van der Waals surface area contributed by atoms with E-state index in [4.69, 9.17) is 0 Å². The normalized spacial score (nSPS) is 20.3. The predicted octanol–water partition coefficient (Wildman–Crippen LogP) is 1.20. The van der Waals surface area contributed by atoms with Gasteiger partial charge in [-0.25, -0.2) is 0 Å². The SMILES string of the molecule is CCC(=O)CN(C)CC1(O)CCCC1. The Balaban J connectivity index is 2.32. The first kappa shape index (κ1) is 11.7. The molecule has 1 rings (SSSR count). The molecule has 3 nitrogen and oxygen atoms in total. The molecule has 0 aromatic heterocycles. The number of carbonyl (C=O) groups excluding carboxylic acids is 1. The van der Waals surface area contributed by atoms with Gasteiger partial charge in [0.05, 0.1) is 12.1 Å². The van der Waals surface area contributed by atoms with Crippen LogP contribution in [-0.4, -0.2) is 41.5 Å². The van der Waals surface area contributed by atoms with Crippen molar-refractivity contribution in [1.82, 2.24) is 4.90 Å². The first-order valence-electron chi connectivity index (χ1n) is 5.48. The molecule has 0 amide bonds. The highest BCUT2D eigenvalue weighted by Crippen LogP contribution is 2.29. The molecule has 0 atom stereocenters. The monoisotopic (exact) mass is 199 g/mol. The Morgan fingerprint density at radius 2 is 2.00 bits per heavy atom. The highest BCUT2D eigenvalue weighted by molar-refractivity contribution is 5.80. The predicted molar refractivity (Wildman–Crippen MR) is 56.2 cm³/mol. The van der Waals surface area contributed by atoms with Gasteiger partial charge in [-0.05, 0) is 19.9 Å². The topological polar surface area (TPSA) is 40.5 Å². The first-order chi connectivity index (χ1) is 6.56. The van der Waals surface area contributed by atoms with Crippen LogP contribution in [0.25, 0.3) is 0 Å². The molecule has 1 N–H and O–H groups in total. The Morgan fingerprint density at radius 1 is 1.43 bits per heavy atom. The third kappa shape index (κ3) is 3.39. The molecule has 0 spiro atoms. The van der Waals surface area contributed by atoms with Crippen LogP contribution in [0, 0.1) is 0 Å². The lowest BCUT2D eigenvalue weighted by atomic mass is 10.0. The second-order valence-electron chi connectivity index (χ2n) is 4.50.